The molecule has 1 heterocycles. The van der Waals surface area contributed by atoms with Gasteiger partial charge in [-0.3, -0.25) is 4.79 Å². The smallest absolute Gasteiger partial charge is 0.319 e. The van der Waals surface area contributed by atoms with Crippen molar-refractivity contribution < 1.29 is 9.59 Å². The van der Waals surface area contributed by atoms with Crippen LogP contribution >= 0.6 is 0 Å². The van der Waals surface area contributed by atoms with Gasteiger partial charge in [0, 0.05) is 35.7 Å². The van der Waals surface area contributed by atoms with E-state index in [1.54, 1.807) is 24.3 Å². The van der Waals surface area contributed by atoms with Crippen molar-refractivity contribution in [3.8, 4) is 0 Å². The van der Waals surface area contributed by atoms with Gasteiger partial charge in [0.05, 0.1) is 6.54 Å². The number of aromatic nitrogens is 1. The summed E-state index contributed by atoms with van der Waals surface area (Å²) in [5, 5.41) is 8.54. The molecule has 2 rings (SSSR count). The molecule has 3 amide bonds. The molecule has 2 aromatic rings. The van der Waals surface area contributed by atoms with Crippen molar-refractivity contribution in [2.75, 3.05) is 5.32 Å². The molecule has 1 aromatic carbocycles. The van der Waals surface area contributed by atoms with Crippen molar-refractivity contribution in [2.45, 2.75) is 39.3 Å². The van der Waals surface area contributed by atoms with E-state index in [-0.39, 0.29) is 17.5 Å². The van der Waals surface area contributed by atoms with Crippen LogP contribution in [0.4, 0.5) is 10.5 Å². The molecule has 0 atom stereocenters. The monoisotopic (exact) mass is 342 g/mol. The van der Waals surface area contributed by atoms with E-state index in [4.69, 9.17) is 0 Å². The van der Waals surface area contributed by atoms with Gasteiger partial charge in [-0.05, 0) is 56.7 Å². The van der Waals surface area contributed by atoms with Gasteiger partial charge < -0.3 is 20.5 Å². The fourth-order valence-corrected chi connectivity index (χ4v) is 2.20. The van der Waals surface area contributed by atoms with E-state index in [9.17, 15) is 9.59 Å². The third kappa shape index (κ3) is 5.38. The SMILES string of the molecule is CCC(C)(C)NC(=O)c1ccc(NC(=O)NCc2cccn2C)cc1. The molecule has 134 valence electrons. The molecule has 0 saturated heterocycles. The molecule has 0 aliphatic heterocycles. The average molecular weight is 342 g/mol. The highest BCUT2D eigenvalue weighted by Gasteiger charge is 2.18. The number of nitrogens with zero attached hydrogens (tertiary/aromatic N) is 1. The minimum atomic E-state index is -0.287. The second-order valence-electron chi connectivity index (χ2n) is 6.69. The largest absolute Gasteiger partial charge is 0.353 e. The van der Waals surface area contributed by atoms with Gasteiger partial charge in [0.2, 0.25) is 0 Å². The number of hydrogen-bond donors (Lipinski definition) is 3. The van der Waals surface area contributed by atoms with Crippen LogP contribution in [0.5, 0.6) is 0 Å². The summed E-state index contributed by atoms with van der Waals surface area (Å²) in [7, 11) is 1.93. The first kappa shape index (κ1) is 18.6. The third-order valence-corrected chi connectivity index (χ3v) is 4.22. The van der Waals surface area contributed by atoms with Crippen molar-refractivity contribution in [3.63, 3.8) is 0 Å². The lowest BCUT2D eigenvalue weighted by Gasteiger charge is -2.24. The Kier molecular flexibility index (Phi) is 5.85. The minimum Gasteiger partial charge on any atom is -0.353 e. The maximum absolute atomic E-state index is 12.2. The van der Waals surface area contributed by atoms with Crippen LogP contribution in [0.3, 0.4) is 0 Å². The van der Waals surface area contributed by atoms with Crippen molar-refractivity contribution in [1.29, 1.82) is 0 Å². The number of amides is 3. The van der Waals surface area contributed by atoms with Crippen LogP contribution in [0.2, 0.25) is 0 Å². The minimum absolute atomic E-state index is 0.119. The van der Waals surface area contributed by atoms with Gasteiger partial charge in [0.1, 0.15) is 0 Å². The summed E-state index contributed by atoms with van der Waals surface area (Å²) in [6, 6.07) is 10.4. The Balaban J connectivity index is 1.88. The Morgan fingerprint density at radius 2 is 1.80 bits per heavy atom. The van der Waals surface area contributed by atoms with Crippen molar-refractivity contribution >= 4 is 17.6 Å². The lowest BCUT2D eigenvalue weighted by molar-refractivity contribution is 0.0911. The molecule has 0 fully saturated rings. The number of hydrogen-bond acceptors (Lipinski definition) is 2. The Morgan fingerprint density at radius 1 is 1.12 bits per heavy atom. The van der Waals surface area contributed by atoms with E-state index in [2.05, 4.69) is 16.0 Å². The van der Waals surface area contributed by atoms with Crippen LogP contribution in [0, 0.1) is 0 Å². The summed E-state index contributed by atoms with van der Waals surface area (Å²) in [5.41, 5.74) is 1.97. The van der Waals surface area contributed by atoms with Gasteiger partial charge in [-0.25, -0.2) is 4.79 Å². The maximum Gasteiger partial charge on any atom is 0.319 e. The Labute approximate surface area is 148 Å². The predicted molar refractivity (Wildman–Crippen MR) is 99.5 cm³/mol. The molecule has 6 nitrogen and oxygen atoms in total. The maximum atomic E-state index is 12.2. The number of rotatable bonds is 6. The molecule has 0 radical (unpaired) electrons. The molecule has 1 aromatic heterocycles. The van der Waals surface area contributed by atoms with Crippen LogP contribution in [0.1, 0.15) is 43.2 Å². The second-order valence-corrected chi connectivity index (χ2v) is 6.69. The van der Waals surface area contributed by atoms with E-state index >= 15 is 0 Å². The quantitative estimate of drug-likeness (QED) is 0.754. The van der Waals surface area contributed by atoms with Gasteiger partial charge in [0.25, 0.3) is 5.91 Å². The highest BCUT2D eigenvalue weighted by molar-refractivity contribution is 5.95. The first-order valence-electron chi connectivity index (χ1n) is 8.38. The van der Waals surface area contributed by atoms with Gasteiger partial charge in [-0.1, -0.05) is 6.92 Å². The summed E-state index contributed by atoms with van der Waals surface area (Å²) in [6.07, 6.45) is 2.78. The number of carbonyl (C=O) groups is 2. The average Bonchev–Trinajstić information content (AvgIpc) is 2.98. The summed E-state index contributed by atoms with van der Waals surface area (Å²) in [5.74, 6) is -0.119. The van der Waals surface area contributed by atoms with E-state index in [0.29, 0.717) is 17.8 Å². The number of nitrogens with one attached hydrogen (secondary N) is 3. The molecule has 0 bridgehead atoms. The molecule has 0 spiro atoms. The molecule has 0 aliphatic carbocycles. The third-order valence-electron chi connectivity index (χ3n) is 4.22. The highest BCUT2D eigenvalue weighted by Crippen LogP contribution is 2.12. The fourth-order valence-electron chi connectivity index (χ4n) is 2.20. The van der Waals surface area contributed by atoms with Gasteiger partial charge in [-0.2, -0.15) is 0 Å². The first-order chi connectivity index (χ1) is 11.8. The second kappa shape index (κ2) is 7.88. The summed E-state index contributed by atoms with van der Waals surface area (Å²) >= 11 is 0. The highest BCUT2D eigenvalue weighted by atomic mass is 16.2. The van der Waals surface area contributed by atoms with Crippen LogP contribution < -0.4 is 16.0 Å². The topological polar surface area (TPSA) is 75.2 Å². The van der Waals surface area contributed by atoms with Crippen molar-refractivity contribution in [3.05, 3.63) is 53.9 Å². The molecule has 0 saturated carbocycles. The van der Waals surface area contributed by atoms with Gasteiger partial charge in [-0.15, -0.1) is 0 Å². The summed E-state index contributed by atoms with van der Waals surface area (Å²) in [4.78, 5) is 24.2. The zero-order valence-corrected chi connectivity index (χ0v) is 15.2. The molecule has 6 heteroatoms. The van der Waals surface area contributed by atoms with Crippen molar-refractivity contribution in [1.82, 2.24) is 15.2 Å². The fraction of sp³-hybridized carbons (Fsp3) is 0.368. The van der Waals surface area contributed by atoms with Crippen LogP contribution in [0.15, 0.2) is 42.6 Å². The predicted octanol–water partition coefficient (Wildman–Crippen LogP) is 3.27. The standard InChI is InChI=1S/C19H26N4O2/c1-5-19(2,3)22-17(24)14-8-10-15(11-9-14)21-18(25)20-13-16-7-6-12-23(16)4/h6-12H,5,13H2,1-4H3,(H,22,24)(H2,20,21,25). The van der Waals surface area contributed by atoms with Crippen LogP contribution in [-0.2, 0) is 13.6 Å². The lowest BCUT2D eigenvalue weighted by atomic mass is 10.0. The number of anilines is 1. The Hall–Kier alpha value is -2.76. The summed E-state index contributed by atoms with van der Waals surface area (Å²) < 4.78 is 1.95. The molecular weight excluding hydrogens is 316 g/mol. The molecule has 0 unspecified atom stereocenters. The number of carbonyl (C=O) groups excluding carboxylic acids is 2. The van der Waals surface area contributed by atoms with E-state index < -0.39 is 0 Å². The van der Waals surface area contributed by atoms with Gasteiger partial charge in [0.15, 0.2) is 0 Å². The Bertz CT molecular complexity index is 732. The van der Waals surface area contributed by atoms with E-state index in [0.717, 1.165) is 12.1 Å². The van der Waals surface area contributed by atoms with Crippen LogP contribution in [-0.4, -0.2) is 22.0 Å². The normalized spacial score (nSPS) is 11.0. The number of urea groups is 1. The van der Waals surface area contributed by atoms with Gasteiger partial charge >= 0.3 is 6.03 Å². The van der Waals surface area contributed by atoms with Crippen molar-refractivity contribution in [2.24, 2.45) is 7.05 Å². The number of aryl methyl sites for hydroxylation is 1. The van der Waals surface area contributed by atoms with E-state index in [1.165, 1.54) is 0 Å². The lowest BCUT2D eigenvalue weighted by Crippen LogP contribution is -2.42. The van der Waals surface area contributed by atoms with E-state index in [1.807, 2.05) is 50.7 Å². The zero-order valence-electron chi connectivity index (χ0n) is 15.2. The molecule has 0 aliphatic rings. The first-order valence-corrected chi connectivity index (χ1v) is 8.38. The molecular formula is C19H26N4O2. The Morgan fingerprint density at radius 3 is 2.36 bits per heavy atom. The zero-order chi connectivity index (χ0) is 18.4. The summed E-state index contributed by atoms with van der Waals surface area (Å²) in [6.45, 7) is 6.44. The number of benzene rings is 1. The van der Waals surface area contributed by atoms with Crippen LogP contribution in [0.25, 0.3) is 0 Å². The molecule has 25 heavy (non-hydrogen) atoms. The molecule has 3 N–H and O–H groups in total.